The molecule has 0 unspecified atom stereocenters. The second-order valence-corrected chi connectivity index (χ2v) is 4.98. The van der Waals surface area contributed by atoms with Gasteiger partial charge in [0.1, 0.15) is 11.4 Å². The number of ether oxygens (including phenoxy) is 1. The first-order chi connectivity index (χ1) is 8.95. The standard InChI is InChI=1S/C15H17ClN2O/c1-8-6-7-12(14(19-5)9(8)2)13-15(16)18-11(4)10(3)17-13/h6-7H,1-5H3. The van der Waals surface area contributed by atoms with Crippen molar-refractivity contribution < 1.29 is 4.74 Å². The maximum Gasteiger partial charge on any atom is 0.155 e. The van der Waals surface area contributed by atoms with E-state index < -0.39 is 0 Å². The maximum atomic E-state index is 6.23. The van der Waals surface area contributed by atoms with Gasteiger partial charge in [-0.1, -0.05) is 17.7 Å². The van der Waals surface area contributed by atoms with Crippen molar-refractivity contribution in [2.75, 3.05) is 7.11 Å². The van der Waals surface area contributed by atoms with Crippen LogP contribution in [0.5, 0.6) is 5.75 Å². The Morgan fingerprint density at radius 1 is 1.00 bits per heavy atom. The molecule has 1 aromatic heterocycles. The van der Waals surface area contributed by atoms with E-state index in [9.17, 15) is 0 Å². The average Bonchev–Trinajstić information content (AvgIpc) is 2.37. The summed E-state index contributed by atoms with van der Waals surface area (Å²) in [4.78, 5) is 8.87. The largest absolute Gasteiger partial charge is 0.496 e. The Morgan fingerprint density at radius 3 is 2.26 bits per heavy atom. The van der Waals surface area contributed by atoms with Crippen LogP contribution in [-0.4, -0.2) is 17.1 Å². The van der Waals surface area contributed by atoms with E-state index in [2.05, 4.69) is 16.9 Å². The van der Waals surface area contributed by atoms with Gasteiger partial charge < -0.3 is 4.74 Å². The molecule has 0 aliphatic rings. The van der Waals surface area contributed by atoms with E-state index in [0.717, 1.165) is 28.3 Å². The molecule has 0 bridgehead atoms. The molecule has 0 saturated heterocycles. The van der Waals surface area contributed by atoms with Crippen molar-refractivity contribution in [3.05, 3.63) is 39.8 Å². The number of methoxy groups -OCH3 is 1. The first-order valence-electron chi connectivity index (χ1n) is 6.11. The van der Waals surface area contributed by atoms with E-state index in [1.54, 1.807) is 7.11 Å². The highest BCUT2D eigenvalue weighted by Gasteiger charge is 2.16. The zero-order valence-corrected chi connectivity index (χ0v) is 12.6. The van der Waals surface area contributed by atoms with Crippen LogP contribution in [0.25, 0.3) is 11.3 Å². The van der Waals surface area contributed by atoms with Crippen LogP contribution in [0.15, 0.2) is 12.1 Å². The number of benzene rings is 1. The molecule has 0 fully saturated rings. The van der Waals surface area contributed by atoms with Gasteiger partial charge in [0, 0.05) is 5.56 Å². The predicted octanol–water partition coefficient (Wildman–Crippen LogP) is 4.04. The second-order valence-electron chi connectivity index (χ2n) is 4.62. The lowest BCUT2D eigenvalue weighted by Gasteiger charge is -2.14. The minimum absolute atomic E-state index is 0.407. The molecule has 19 heavy (non-hydrogen) atoms. The number of rotatable bonds is 2. The Labute approximate surface area is 118 Å². The zero-order chi connectivity index (χ0) is 14.2. The quantitative estimate of drug-likeness (QED) is 0.830. The van der Waals surface area contributed by atoms with Gasteiger partial charge in [-0.15, -0.1) is 0 Å². The summed E-state index contributed by atoms with van der Waals surface area (Å²) in [6.45, 7) is 7.90. The van der Waals surface area contributed by atoms with E-state index in [1.165, 1.54) is 5.56 Å². The molecule has 0 N–H and O–H groups in total. The molecular weight excluding hydrogens is 260 g/mol. The zero-order valence-electron chi connectivity index (χ0n) is 11.8. The third kappa shape index (κ3) is 2.43. The van der Waals surface area contributed by atoms with Crippen molar-refractivity contribution in [3.63, 3.8) is 0 Å². The van der Waals surface area contributed by atoms with Crippen molar-refractivity contribution >= 4 is 11.6 Å². The van der Waals surface area contributed by atoms with E-state index in [1.807, 2.05) is 32.9 Å². The van der Waals surface area contributed by atoms with Crippen LogP contribution in [0, 0.1) is 27.7 Å². The number of hydrogen-bond acceptors (Lipinski definition) is 3. The molecule has 1 heterocycles. The van der Waals surface area contributed by atoms with Gasteiger partial charge >= 0.3 is 0 Å². The fourth-order valence-corrected chi connectivity index (χ4v) is 2.26. The molecular formula is C15H17ClN2O. The van der Waals surface area contributed by atoms with Crippen molar-refractivity contribution in [2.45, 2.75) is 27.7 Å². The number of aromatic nitrogens is 2. The maximum absolute atomic E-state index is 6.23. The Kier molecular flexibility index (Phi) is 3.76. The molecule has 2 rings (SSSR count). The third-order valence-electron chi connectivity index (χ3n) is 3.40. The van der Waals surface area contributed by atoms with Crippen LogP contribution >= 0.6 is 11.6 Å². The minimum atomic E-state index is 0.407. The number of hydrogen-bond donors (Lipinski definition) is 0. The Morgan fingerprint density at radius 2 is 1.63 bits per heavy atom. The van der Waals surface area contributed by atoms with Crippen LogP contribution in [0.1, 0.15) is 22.5 Å². The average molecular weight is 277 g/mol. The van der Waals surface area contributed by atoms with Gasteiger partial charge in [0.25, 0.3) is 0 Å². The van der Waals surface area contributed by atoms with E-state index in [4.69, 9.17) is 16.3 Å². The van der Waals surface area contributed by atoms with Crippen molar-refractivity contribution in [3.8, 4) is 17.0 Å². The van der Waals surface area contributed by atoms with Gasteiger partial charge in [0.2, 0.25) is 0 Å². The molecule has 0 atom stereocenters. The smallest absolute Gasteiger partial charge is 0.155 e. The van der Waals surface area contributed by atoms with E-state index >= 15 is 0 Å². The van der Waals surface area contributed by atoms with Crippen LogP contribution in [-0.2, 0) is 0 Å². The molecule has 0 aliphatic heterocycles. The highest BCUT2D eigenvalue weighted by atomic mass is 35.5. The Hall–Kier alpha value is -1.61. The lowest BCUT2D eigenvalue weighted by atomic mass is 10.0. The molecule has 1 aromatic carbocycles. The molecule has 0 aliphatic carbocycles. The fourth-order valence-electron chi connectivity index (χ4n) is 1.99. The van der Waals surface area contributed by atoms with Crippen molar-refractivity contribution in [2.24, 2.45) is 0 Å². The van der Waals surface area contributed by atoms with Gasteiger partial charge in [0.05, 0.1) is 18.5 Å². The summed E-state index contributed by atoms with van der Waals surface area (Å²) in [5.74, 6) is 0.805. The summed E-state index contributed by atoms with van der Waals surface area (Å²) < 4.78 is 5.51. The number of nitrogens with zero attached hydrogens (tertiary/aromatic N) is 2. The molecule has 0 radical (unpaired) electrons. The summed E-state index contributed by atoms with van der Waals surface area (Å²) in [5, 5.41) is 0.407. The number of aryl methyl sites for hydroxylation is 3. The monoisotopic (exact) mass is 276 g/mol. The minimum Gasteiger partial charge on any atom is -0.496 e. The molecule has 4 heteroatoms. The molecule has 3 nitrogen and oxygen atoms in total. The number of halogens is 1. The summed E-state index contributed by atoms with van der Waals surface area (Å²) in [6.07, 6.45) is 0. The van der Waals surface area contributed by atoms with Crippen LogP contribution in [0.3, 0.4) is 0 Å². The second kappa shape index (κ2) is 5.17. The lowest BCUT2D eigenvalue weighted by Crippen LogP contribution is -2.00. The van der Waals surface area contributed by atoms with Crippen LogP contribution in [0.4, 0.5) is 0 Å². The summed E-state index contributed by atoms with van der Waals surface area (Å²) in [7, 11) is 1.66. The SMILES string of the molecule is COc1c(-c2nc(C)c(C)nc2Cl)ccc(C)c1C. The topological polar surface area (TPSA) is 35.0 Å². The van der Waals surface area contributed by atoms with Crippen LogP contribution in [0.2, 0.25) is 5.15 Å². The van der Waals surface area contributed by atoms with Crippen molar-refractivity contribution in [1.82, 2.24) is 9.97 Å². The molecule has 0 spiro atoms. The first kappa shape index (κ1) is 13.8. The van der Waals surface area contributed by atoms with Crippen LogP contribution < -0.4 is 4.74 Å². The van der Waals surface area contributed by atoms with E-state index in [0.29, 0.717) is 10.8 Å². The lowest BCUT2D eigenvalue weighted by molar-refractivity contribution is 0.413. The Bertz CT molecular complexity index is 639. The highest BCUT2D eigenvalue weighted by Crippen LogP contribution is 2.36. The van der Waals surface area contributed by atoms with E-state index in [-0.39, 0.29) is 0 Å². The van der Waals surface area contributed by atoms with Gasteiger partial charge in [0.15, 0.2) is 5.15 Å². The molecule has 0 amide bonds. The third-order valence-corrected chi connectivity index (χ3v) is 3.66. The summed E-state index contributed by atoms with van der Waals surface area (Å²) >= 11 is 6.23. The summed E-state index contributed by atoms with van der Waals surface area (Å²) in [6, 6.07) is 4.02. The fraction of sp³-hybridized carbons (Fsp3) is 0.333. The molecule has 2 aromatic rings. The summed E-state index contributed by atoms with van der Waals surface area (Å²) in [5.41, 5.74) is 5.54. The molecule has 0 saturated carbocycles. The normalized spacial score (nSPS) is 10.6. The van der Waals surface area contributed by atoms with Crippen molar-refractivity contribution in [1.29, 1.82) is 0 Å². The predicted molar refractivity (Wildman–Crippen MR) is 78.0 cm³/mol. The van der Waals surface area contributed by atoms with Gasteiger partial charge in [-0.2, -0.15) is 0 Å². The van der Waals surface area contributed by atoms with Gasteiger partial charge in [-0.05, 0) is 44.9 Å². The first-order valence-corrected chi connectivity index (χ1v) is 6.48. The Balaban J connectivity index is 2.72. The van der Waals surface area contributed by atoms with Gasteiger partial charge in [-0.3, -0.25) is 0 Å². The van der Waals surface area contributed by atoms with Gasteiger partial charge in [-0.25, -0.2) is 9.97 Å². The highest BCUT2D eigenvalue weighted by molar-refractivity contribution is 6.31. The molecule has 100 valence electrons.